The fourth-order valence-electron chi connectivity index (χ4n) is 4.35. The van der Waals surface area contributed by atoms with Gasteiger partial charge in [-0.3, -0.25) is 5.10 Å². The van der Waals surface area contributed by atoms with E-state index in [9.17, 15) is 0 Å². The lowest BCUT2D eigenvalue weighted by atomic mass is 10.1. The minimum absolute atomic E-state index is 0.310. The van der Waals surface area contributed by atoms with Crippen molar-refractivity contribution in [2.24, 2.45) is 0 Å². The first-order valence-electron chi connectivity index (χ1n) is 10.4. The summed E-state index contributed by atoms with van der Waals surface area (Å²) in [6.45, 7) is 1.64. The smallest absolute Gasteiger partial charge is 0.227 e. The van der Waals surface area contributed by atoms with Crippen LogP contribution in [0.1, 0.15) is 42.1 Å². The van der Waals surface area contributed by atoms with Gasteiger partial charge >= 0.3 is 0 Å². The maximum atomic E-state index is 5.76. The molecular weight excluding hydrogens is 364 g/mol. The molecule has 0 radical (unpaired) electrons. The molecule has 1 aromatic carbocycles. The van der Waals surface area contributed by atoms with Crippen molar-refractivity contribution in [2.45, 2.75) is 43.7 Å². The van der Waals surface area contributed by atoms with Crippen LogP contribution in [-0.2, 0) is 11.2 Å². The van der Waals surface area contributed by atoms with Crippen molar-refractivity contribution in [1.29, 1.82) is 0 Å². The predicted octanol–water partition coefficient (Wildman–Crippen LogP) is 3.39. The van der Waals surface area contributed by atoms with Gasteiger partial charge in [0.2, 0.25) is 5.95 Å². The highest BCUT2D eigenvalue weighted by Crippen LogP contribution is 2.39. The van der Waals surface area contributed by atoms with Gasteiger partial charge in [-0.25, -0.2) is 4.98 Å². The summed E-state index contributed by atoms with van der Waals surface area (Å²) in [5.74, 6) is 3.04. The van der Waals surface area contributed by atoms with Crippen molar-refractivity contribution < 1.29 is 4.74 Å². The Bertz CT molecular complexity index is 1020. The standard InChI is InChI=1S/C22H24N6O/c1-2-4-14(5-3-1)8-16-9-20(24-21-11-19(26-27-21)15-6-7-15)25-22(23-16)28-12-18-10-17(28)13-29-18/h1-5,9,11,15,17-18H,6-8,10,12-13H2,(H2,23,24,25,26,27)/t17-,18-/m1/s1. The van der Waals surface area contributed by atoms with Crippen LogP contribution in [0, 0.1) is 0 Å². The second-order valence-corrected chi connectivity index (χ2v) is 8.31. The Hall–Kier alpha value is -2.93. The van der Waals surface area contributed by atoms with Crippen LogP contribution in [0.4, 0.5) is 17.6 Å². The molecule has 6 rings (SSSR count). The Morgan fingerprint density at radius 1 is 1.10 bits per heavy atom. The lowest BCUT2D eigenvalue weighted by molar-refractivity contribution is 0.0986. The first-order chi connectivity index (χ1) is 14.3. The van der Waals surface area contributed by atoms with Crippen molar-refractivity contribution in [3.05, 3.63) is 59.4 Å². The van der Waals surface area contributed by atoms with Gasteiger partial charge in [-0.1, -0.05) is 30.3 Å². The Morgan fingerprint density at radius 3 is 2.76 bits per heavy atom. The first kappa shape index (κ1) is 17.0. The number of nitrogens with zero attached hydrogens (tertiary/aromatic N) is 4. The van der Waals surface area contributed by atoms with Crippen molar-refractivity contribution in [3.63, 3.8) is 0 Å². The molecular formula is C22H24N6O. The third-order valence-corrected chi connectivity index (χ3v) is 6.02. The van der Waals surface area contributed by atoms with Crippen molar-refractivity contribution >= 4 is 17.6 Å². The normalized spacial score (nSPS) is 23.0. The minimum Gasteiger partial charge on any atom is -0.374 e. The zero-order chi connectivity index (χ0) is 19.2. The van der Waals surface area contributed by atoms with Crippen LogP contribution in [0.3, 0.4) is 0 Å². The predicted molar refractivity (Wildman–Crippen MR) is 111 cm³/mol. The van der Waals surface area contributed by atoms with Gasteiger partial charge in [-0.05, 0) is 24.8 Å². The number of benzene rings is 1. The van der Waals surface area contributed by atoms with E-state index in [0.29, 0.717) is 18.1 Å². The molecule has 3 aliphatic rings. The van der Waals surface area contributed by atoms with E-state index in [0.717, 1.165) is 49.3 Å². The van der Waals surface area contributed by atoms with Crippen LogP contribution in [0.15, 0.2) is 42.5 Å². The van der Waals surface area contributed by atoms with E-state index in [-0.39, 0.29) is 0 Å². The van der Waals surface area contributed by atoms with Gasteiger partial charge in [0.05, 0.1) is 24.4 Å². The van der Waals surface area contributed by atoms with E-state index in [1.165, 1.54) is 24.1 Å². The number of anilines is 3. The third-order valence-electron chi connectivity index (χ3n) is 6.02. The van der Waals surface area contributed by atoms with E-state index in [4.69, 9.17) is 14.7 Å². The molecule has 1 aliphatic carbocycles. The van der Waals surface area contributed by atoms with Gasteiger partial charge in [0.1, 0.15) is 5.82 Å². The number of morpholine rings is 1. The number of aromatic nitrogens is 4. The zero-order valence-electron chi connectivity index (χ0n) is 16.2. The lowest BCUT2D eigenvalue weighted by Crippen LogP contribution is -2.38. The van der Waals surface area contributed by atoms with Gasteiger partial charge in [-0.2, -0.15) is 10.1 Å². The average molecular weight is 388 g/mol. The number of ether oxygens (including phenoxy) is 1. The van der Waals surface area contributed by atoms with E-state index in [2.05, 4.69) is 50.7 Å². The molecule has 7 nitrogen and oxygen atoms in total. The molecule has 3 aromatic rings. The summed E-state index contributed by atoms with van der Waals surface area (Å²) in [5, 5.41) is 11.0. The second kappa shape index (κ2) is 6.84. The Balaban J connectivity index is 1.31. The molecule has 2 atom stereocenters. The van der Waals surface area contributed by atoms with Gasteiger partial charge < -0.3 is 15.0 Å². The Labute approximate surface area is 169 Å². The molecule has 0 unspecified atom stereocenters. The van der Waals surface area contributed by atoms with Crippen LogP contribution in [-0.4, -0.2) is 45.5 Å². The van der Waals surface area contributed by atoms with Gasteiger partial charge in [0.25, 0.3) is 0 Å². The van der Waals surface area contributed by atoms with Crippen molar-refractivity contribution in [1.82, 2.24) is 20.2 Å². The minimum atomic E-state index is 0.310. The molecule has 2 bridgehead atoms. The summed E-state index contributed by atoms with van der Waals surface area (Å²) in [4.78, 5) is 12.0. The molecule has 4 heterocycles. The summed E-state index contributed by atoms with van der Waals surface area (Å²) in [5.41, 5.74) is 3.45. The fraction of sp³-hybridized carbons (Fsp3) is 0.409. The van der Waals surface area contributed by atoms with Crippen molar-refractivity contribution in [3.8, 4) is 0 Å². The monoisotopic (exact) mass is 388 g/mol. The van der Waals surface area contributed by atoms with Gasteiger partial charge in [-0.15, -0.1) is 0 Å². The van der Waals surface area contributed by atoms with Crippen LogP contribution in [0.25, 0.3) is 0 Å². The molecule has 29 heavy (non-hydrogen) atoms. The molecule has 2 N–H and O–H groups in total. The molecule has 1 saturated carbocycles. The highest BCUT2D eigenvalue weighted by Gasteiger charge is 2.40. The molecule has 2 saturated heterocycles. The van der Waals surface area contributed by atoms with Crippen LogP contribution >= 0.6 is 0 Å². The number of hydrogen-bond donors (Lipinski definition) is 2. The van der Waals surface area contributed by atoms with Crippen LogP contribution in [0.5, 0.6) is 0 Å². The van der Waals surface area contributed by atoms with E-state index >= 15 is 0 Å². The second-order valence-electron chi connectivity index (χ2n) is 8.31. The van der Waals surface area contributed by atoms with E-state index in [1.807, 2.05) is 12.1 Å². The highest BCUT2D eigenvalue weighted by molar-refractivity contribution is 5.55. The average Bonchev–Trinajstić information content (AvgIpc) is 3.13. The summed E-state index contributed by atoms with van der Waals surface area (Å²) < 4.78 is 5.76. The summed E-state index contributed by atoms with van der Waals surface area (Å²) in [6.07, 6.45) is 4.65. The number of rotatable bonds is 6. The summed E-state index contributed by atoms with van der Waals surface area (Å²) in [7, 11) is 0. The van der Waals surface area contributed by atoms with Crippen molar-refractivity contribution in [2.75, 3.05) is 23.4 Å². The topological polar surface area (TPSA) is 79.0 Å². The summed E-state index contributed by atoms with van der Waals surface area (Å²) >= 11 is 0. The van der Waals surface area contributed by atoms with Crippen LogP contribution < -0.4 is 10.2 Å². The Kier molecular flexibility index (Phi) is 4.01. The molecule has 2 aromatic heterocycles. The van der Waals surface area contributed by atoms with E-state index < -0.39 is 0 Å². The van der Waals surface area contributed by atoms with Crippen LogP contribution in [0.2, 0.25) is 0 Å². The van der Waals surface area contributed by atoms with Gasteiger partial charge in [0, 0.05) is 36.7 Å². The largest absolute Gasteiger partial charge is 0.374 e. The molecule has 7 heteroatoms. The fourth-order valence-corrected chi connectivity index (χ4v) is 4.35. The van der Waals surface area contributed by atoms with Gasteiger partial charge in [0.15, 0.2) is 5.82 Å². The molecule has 2 aliphatic heterocycles. The third kappa shape index (κ3) is 3.46. The number of nitrogens with one attached hydrogen (secondary N) is 2. The number of aromatic amines is 1. The number of H-pyrrole nitrogens is 1. The Morgan fingerprint density at radius 2 is 2.00 bits per heavy atom. The molecule has 3 fully saturated rings. The number of hydrogen-bond acceptors (Lipinski definition) is 6. The highest BCUT2D eigenvalue weighted by atomic mass is 16.5. The van der Waals surface area contributed by atoms with E-state index in [1.54, 1.807) is 0 Å². The quantitative estimate of drug-likeness (QED) is 0.674. The maximum absolute atomic E-state index is 5.76. The molecule has 0 amide bonds. The molecule has 148 valence electrons. The maximum Gasteiger partial charge on any atom is 0.227 e. The zero-order valence-corrected chi connectivity index (χ0v) is 16.2. The number of fused-ring (bicyclic) bond motifs is 2. The SMILES string of the molecule is c1ccc(Cc2cc(Nc3cc(C4CC4)[nH]n3)nc(N3C[C@H]4C[C@@H]3CO4)n2)cc1. The molecule has 0 spiro atoms. The summed E-state index contributed by atoms with van der Waals surface area (Å²) in [6, 6.07) is 15.0. The lowest BCUT2D eigenvalue weighted by Gasteiger charge is -2.27. The first-order valence-corrected chi connectivity index (χ1v) is 10.4.